The molecule has 0 saturated carbocycles. The zero-order valence-corrected chi connectivity index (χ0v) is 16.4. The number of halogens is 6. The number of carbonyl (C=O) groups excluding carboxylic acids is 1. The Kier molecular flexibility index (Phi) is 5.39. The number of anilines is 2. The summed E-state index contributed by atoms with van der Waals surface area (Å²) in [5.41, 5.74) is -2.34. The molecule has 1 amide bonds. The van der Waals surface area contributed by atoms with E-state index in [2.05, 4.69) is 20.0 Å². The van der Waals surface area contributed by atoms with E-state index in [1.54, 1.807) is 11.8 Å². The molecule has 2 aliphatic rings. The van der Waals surface area contributed by atoms with Crippen LogP contribution in [0.5, 0.6) is 0 Å². The minimum absolute atomic E-state index is 0.0557. The number of pyridine rings is 2. The molecule has 0 bridgehead atoms. The first-order valence-corrected chi connectivity index (χ1v) is 9.43. The van der Waals surface area contributed by atoms with Crippen LogP contribution in [0.3, 0.4) is 0 Å². The van der Waals surface area contributed by atoms with Gasteiger partial charge in [0.2, 0.25) is 6.10 Å². The van der Waals surface area contributed by atoms with Crippen LogP contribution >= 0.6 is 0 Å². The number of morpholine rings is 1. The maximum atomic E-state index is 13.6. The number of hydrogen-bond donors (Lipinski definition) is 1. The summed E-state index contributed by atoms with van der Waals surface area (Å²) in [6.07, 6.45) is -13.1. The van der Waals surface area contributed by atoms with E-state index in [0.717, 1.165) is 18.3 Å². The maximum absolute atomic E-state index is 13.6. The van der Waals surface area contributed by atoms with Crippen LogP contribution in [0.15, 0.2) is 24.4 Å². The van der Waals surface area contributed by atoms with Crippen molar-refractivity contribution in [1.29, 1.82) is 0 Å². The van der Waals surface area contributed by atoms with E-state index >= 15 is 0 Å². The van der Waals surface area contributed by atoms with E-state index in [1.165, 1.54) is 0 Å². The molecule has 32 heavy (non-hydrogen) atoms. The largest absolute Gasteiger partial charge is 0.431 e. The van der Waals surface area contributed by atoms with E-state index in [4.69, 9.17) is 4.74 Å². The number of ether oxygens (including phenoxy) is 2. The Morgan fingerprint density at radius 1 is 1.19 bits per heavy atom. The molecule has 1 N–H and O–H groups in total. The Labute approximate surface area is 177 Å². The second-order valence-electron chi connectivity index (χ2n) is 7.30. The summed E-state index contributed by atoms with van der Waals surface area (Å²) in [5.74, 6) is -0.512. The van der Waals surface area contributed by atoms with Gasteiger partial charge in [0, 0.05) is 24.8 Å². The second-order valence-corrected chi connectivity index (χ2v) is 7.30. The number of amides is 1. The summed E-state index contributed by atoms with van der Waals surface area (Å²) in [7, 11) is 0. The molecule has 4 rings (SSSR count). The first-order valence-electron chi connectivity index (χ1n) is 9.43. The number of alkyl halides is 6. The molecule has 13 heteroatoms. The quantitative estimate of drug-likeness (QED) is 0.660. The van der Waals surface area contributed by atoms with Crippen LogP contribution in [0.1, 0.15) is 24.2 Å². The first-order chi connectivity index (χ1) is 14.9. The SMILES string of the molecule is C[C@@H]1CN(c2cc(C(F)(F)F)cc(-c3ccnc4c3[C@H](C(F)(F)F)OC(=O)N4)n2)CCO1. The molecule has 172 valence electrons. The number of fused-ring (bicyclic) bond motifs is 1. The highest BCUT2D eigenvalue weighted by Crippen LogP contribution is 2.46. The molecule has 2 aromatic heterocycles. The molecular formula is C19H16F6N4O3. The fourth-order valence-corrected chi connectivity index (χ4v) is 3.59. The third kappa shape index (κ3) is 4.29. The summed E-state index contributed by atoms with van der Waals surface area (Å²) in [6, 6.07) is 2.61. The molecular weight excluding hydrogens is 446 g/mol. The first kappa shape index (κ1) is 22.1. The van der Waals surface area contributed by atoms with Crippen LogP contribution in [-0.4, -0.2) is 48.0 Å². The fraction of sp³-hybridized carbons (Fsp3) is 0.421. The Bertz CT molecular complexity index is 1040. The highest BCUT2D eigenvalue weighted by atomic mass is 19.4. The summed E-state index contributed by atoms with van der Waals surface area (Å²) in [4.78, 5) is 21.1. The number of cyclic esters (lactones) is 1. The lowest BCUT2D eigenvalue weighted by atomic mass is 9.98. The smallest absolute Gasteiger partial charge is 0.430 e. The van der Waals surface area contributed by atoms with E-state index < -0.39 is 41.5 Å². The molecule has 2 aliphatic heterocycles. The van der Waals surface area contributed by atoms with Gasteiger partial charge in [0.05, 0.1) is 29.5 Å². The lowest BCUT2D eigenvalue weighted by molar-refractivity contribution is -0.206. The number of nitrogens with zero attached hydrogens (tertiary/aromatic N) is 3. The van der Waals surface area contributed by atoms with Gasteiger partial charge in [-0.1, -0.05) is 0 Å². The van der Waals surface area contributed by atoms with Crippen LogP contribution in [-0.2, 0) is 15.7 Å². The van der Waals surface area contributed by atoms with Crippen molar-refractivity contribution in [1.82, 2.24) is 9.97 Å². The molecule has 4 heterocycles. The van der Waals surface area contributed by atoms with Crippen LogP contribution in [0, 0.1) is 0 Å². The van der Waals surface area contributed by atoms with E-state index in [9.17, 15) is 31.1 Å². The molecule has 0 aromatic carbocycles. The van der Waals surface area contributed by atoms with E-state index in [1.807, 2.05) is 0 Å². The number of aromatic nitrogens is 2. The monoisotopic (exact) mass is 462 g/mol. The molecule has 0 unspecified atom stereocenters. The fourth-order valence-electron chi connectivity index (χ4n) is 3.59. The van der Waals surface area contributed by atoms with Crippen molar-refractivity contribution in [2.75, 3.05) is 29.9 Å². The van der Waals surface area contributed by atoms with Gasteiger partial charge in [0.1, 0.15) is 11.6 Å². The van der Waals surface area contributed by atoms with Gasteiger partial charge >= 0.3 is 18.4 Å². The number of carbonyl (C=O) groups is 1. The van der Waals surface area contributed by atoms with Crippen LogP contribution < -0.4 is 10.2 Å². The van der Waals surface area contributed by atoms with Gasteiger partial charge in [-0.3, -0.25) is 5.32 Å². The van der Waals surface area contributed by atoms with Gasteiger partial charge in [-0.25, -0.2) is 14.8 Å². The van der Waals surface area contributed by atoms with Crippen molar-refractivity contribution in [3.05, 3.63) is 35.5 Å². The summed E-state index contributed by atoms with van der Waals surface area (Å²) < 4.78 is 91.5. The van der Waals surface area contributed by atoms with Crippen LogP contribution in [0.25, 0.3) is 11.3 Å². The topological polar surface area (TPSA) is 76.6 Å². The number of hydrogen-bond acceptors (Lipinski definition) is 6. The van der Waals surface area contributed by atoms with Crippen molar-refractivity contribution >= 4 is 17.7 Å². The zero-order chi connectivity index (χ0) is 23.3. The Morgan fingerprint density at radius 2 is 1.94 bits per heavy atom. The predicted octanol–water partition coefficient (Wildman–Crippen LogP) is 4.55. The third-order valence-electron chi connectivity index (χ3n) is 4.98. The molecule has 2 atom stereocenters. The van der Waals surface area contributed by atoms with Crippen LogP contribution in [0.4, 0.5) is 42.8 Å². The summed E-state index contributed by atoms with van der Waals surface area (Å²) in [6.45, 7) is 2.52. The van der Waals surface area contributed by atoms with Crippen LogP contribution in [0.2, 0.25) is 0 Å². The van der Waals surface area contributed by atoms with Gasteiger partial charge in [-0.05, 0) is 25.1 Å². The Balaban J connectivity index is 1.90. The van der Waals surface area contributed by atoms with Gasteiger partial charge < -0.3 is 14.4 Å². The van der Waals surface area contributed by atoms with Gasteiger partial charge in [0.15, 0.2) is 0 Å². The molecule has 0 spiro atoms. The van der Waals surface area contributed by atoms with Crippen molar-refractivity contribution in [2.45, 2.75) is 31.5 Å². The Morgan fingerprint density at radius 3 is 2.59 bits per heavy atom. The number of nitrogens with one attached hydrogen (secondary N) is 1. The molecule has 2 aromatic rings. The predicted molar refractivity (Wildman–Crippen MR) is 99.0 cm³/mol. The summed E-state index contributed by atoms with van der Waals surface area (Å²) >= 11 is 0. The minimum Gasteiger partial charge on any atom is -0.431 e. The van der Waals surface area contributed by atoms with Gasteiger partial charge in [0.25, 0.3) is 0 Å². The molecule has 0 aliphatic carbocycles. The van der Waals surface area contributed by atoms with Crippen molar-refractivity contribution in [3.63, 3.8) is 0 Å². The maximum Gasteiger partial charge on any atom is 0.430 e. The lowest BCUT2D eigenvalue weighted by Crippen LogP contribution is -2.41. The average molecular weight is 462 g/mol. The molecule has 0 radical (unpaired) electrons. The van der Waals surface area contributed by atoms with Gasteiger partial charge in [-0.15, -0.1) is 0 Å². The molecule has 7 nitrogen and oxygen atoms in total. The summed E-state index contributed by atoms with van der Waals surface area (Å²) in [5, 5.41) is 2.05. The molecule has 1 fully saturated rings. The highest BCUT2D eigenvalue weighted by molar-refractivity contribution is 5.89. The average Bonchev–Trinajstić information content (AvgIpc) is 2.71. The number of rotatable bonds is 2. The molecule has 1 saturated heterocycles. The van der Waals surface area contributed by atoms with Crippen molar-refractivity contribution in [2.24, 2.45) is 0 Å². The van der Waals surface area contributed by atoms with Crippen molar-refractivity contribution in [3.8, 4) is 11.3 Å². The normalized spacial score (nSPS) is 21.6. The van der Waals surface area contributed by atoms with E-state index in [-0.39, 0.29) is 42.9 Å². The second kappa shape index (κ2) is 7.80. The Hall–Kier alpha value is -3.09. The highest BCUT2D eigenvalue weighted by Gasteiger charge is 2.49. The van der Waals surface area contributed by atoms with Gasteiger partial charge in [-0.2, -0.15) is 26.3 Å². The van der Waals surface area contributed by atoms with E-state index in [0.29, 0.717) is 6.07 Å². The zero-order valence-electron chi connectivity index (χ0n) is 16.4. The standard InChI is InChI=1S/C19H16F6N4O3/c1-9-8-29(4-5-31-9)13-7-10(18(20,21)22)6-12(27-13)11-2-3-26-16-14(11)15(19(23,24)25)32-17(30)28-16/h2-3,6-7,9,15H,4-5,8H2,1H3,(H,26,28,30)/t9-,15-/m1/s1. The third-order valence-corrected chi connectivity index (χ3v) is 4.98. The lowest BCUT2D eigenvalue weighted by Gasteiger charge is -2.33. The van der Waals surface area contributed by atoms with Crippen molar-refractivity contribution < 1.29 is 40.6 Å². The minimum atomic E-state index is -5.02.